The highest BCUT2D eigenvalue weighted by molar-refractivity contribution is 5.71. The van der Waals surface area contributed by atoms with E-state index in [0.717, 1.165) is 0 Å². The van der Waals surface area contributed by atoms with E-state index in [1.807, 2.05) is 0 Å². The lowest BCUT2D eigenvalue weighted by Gasteiger charge is -2.30. The number of hydrogen-bond donors (Lipinski definition) is 0. The molecule has 35 heavy (non-hydrogen) atoms. The van der Waals surface area contributed by atoms with Crippen molar-refractivity contribution in [1.82, 2.24) is 4.90 Å². The molecule has 1 aromatic rings. The second kappa shape index (κ2) is 11.1. The van der Waals surface area contributed by atoms with Gasteiger partial charge in [-0.15, -0.1) is 0 Å². The van der Waals surface area contributed by atoms with Crippen molar-refractivity contribution in [3.63, 3.8) is 0 Å². The molecule has 0 bridgehead atoms. The third kappa shape index (κ3) is 9.22. The van der Waals surface area contributed by atoms with Crippen LogP contribution in [0.1, 0.15) is 54.0 Å². The van der Waals surface area contributed by atoms with E-state index in [9.17, 15) is 23.2 Å². The standard InChI is InChI=1S/C24H33F2NO8/c1-14(28)31-19-17(12-15-8-10-16(11-9-15)32-20(25)26)27(21(29)34-23(2,3)4)13-18(19)33-22(30)35-24(5,6)7/h8-11,17-20H,12-13H2,1-7H3/t17-,18+,19+/m1/s1. The first-order valence-electron chi connectivity index (χ1n) is 11.1. The van der Waals surface area contributed by atoms with E-state index >= 15 is 0 Å². The van der Waals surface area contributed by atoms with Gasteiger partial charge in [0.2, 0.25) is 0 Å². The molecule has 1 aromatic carbocycles. The SMILES string of the molecule is CC(=O)O[C@@H]1[C@@H](OC(=O)OC(C)(C)C)CN(C(=O)OC(C)(C)C)[C@@H]1Cc1ccc(OC(F)F)cc1. The topological polar surface area (TPSA) is 101 Å². The summed E-state index contributed by atoms with van der Waals surface area (Å²) in [6.45, 7) is 8.26. The van der Waals surface area contributed by atoms with Gasteiger partial charge in [-0.05, 0) is 65.7 Å². The molecular formula is C24H33F2NO8. The predicted molar refractivity (Wildman–Crippen MR) is 120 cm³/mol. The van der Waals surface area contributed by atoms with Crippen LogP contribution in [0, 0.1) is 0 Å². The minimum absolute atomic E-state index is 0.0261. The van der Waals surface area contributed by atoms with Gasteiger partial charge in [-0.3, -0.25) is 9.69 Å². The Balaban J connectivity index is 2.34. The van der Waals surface area contributed by atoms with Crippen molar-refractivity contribution >= 4 is 18.2 Å². The van der Waals surface area contributed by atoms with Crippen LogP contribution < -0.4 is 4.74 Å². The van der Waals surface area contributed by atoms with Crippen molar-refractivity contribution in [1.29, 1.82) is 0 Å². The van der Waals surface area contributed by atoms with Crippen molar-refractivity contribution in [3.8, 4) is 5.75 Å². The molecule has 1 heterocycles. The van der Waals surface area contributed by atoms with Crippen LogP contribution >= 0.6 is 0 Å². The van der Waals surface area contributed by atoms with E-state index < -0.39 is 54.3 Å². The van der Waals surface area contributed by atoms with E-state index in [2.05, 4.69) is 4.74 Å². The number of halogens is 2. The number of hydrogen-bond acceptors (Lipinski definition) is 8. The van der Waals surface area contributed by atoms with Gasteiger partial charge >= 0.3 is 24.8 Å². The molecular weight excluding hydrogens is 468 g/mol. The van der Waals surface area contributed by atoms with Gasteiger partial charge in [-0.1, -0.05) is 12.1 Å². The van der Waals surface area contributed by atoms with Gasteiger partial charge in [-0.2, -0.15) is 8.78 Å². The van der Waals surface area contributed by atoms with Crippen molar-refractivity contribution in [2.24, 2.45) is 0 Å². The Labute approximate surface area is 203 Å². The van der Waals surface area contributed by atoms with Gasteiger partial charge in [0, 0.05) is 6.92 Å². The Kier molecular flexibility index (Phi) is 8.91. The Hall–Kier alpha value is -3.11. The first-order valence-corrected chi connectivity index (χ1v) is 11.1. The molecule has 1 aliphatic heterocycles. The molecule has 2 rings (SSSR count). The van der Waals surface area contributed by atoms with E-state index in [0.29, 0.717) is 5.56 Å². The van der Waals surface area contributed by atoms with Gasteiger partial charge in [0.1, 0.15) is 17.0 Å². The molecule has 1 saturated heterocycles. The molecule has 0 aromatic heterocycles. The minimum atomic E-state index is -2.96. The van der Waals surface area contributed by atoms with E-state index in [1.54, 1.807) is 53.7 Å². The zero-order chi connectivity index (χ0) is 26.6. The summed E-state index contributed by atoms with van der Waals surface area (Å²) in [5.41, 5.74) is -0.990. The van der Waals surface area contributed by atoms with Crippen molar-refractivity contribution < 1.29 is 46.8 Å². The zero-order valence-corrected chi connectivity index (χ0v) is 21.0. The van der Waals surface area contributed by atoms with Crippen LogP contribution in [0.2, 0.25) is 0 Å². The van der Waals surface area contributed by atoms with Crippen LogP contribution in [0.5, 0.6) is 5.75 Å². The molecule has 3 atom stereocenters. The summed E-state index contributed by atoms with van der Waals surface area (Å²) in [6, 6.07) is 5.06. The van der Waals surface area contributed by atoms with Gasteiger partial charge in [0.15, 0.2) is 12.2 Å². The second-order valence-corrected chi connectivity index (χ2v) is 10.1. The Morgan fingerprint density at radius 2 is 1.54 bits per heavy atom. The molecule has 9 nitrogen and oxygen atoms in total. The Morgan fingerprint density at radius 1 is 0.971 bits per heavy atom. The van der Waals surface area contributed by atoms with Crippen LogP contribution in [-0.4, -0.2) is 65.7 Å². The number of esters is 1. The molecule has 0 spiro atoms. The molecule has 1 amide bonds. The molecule has 11 heteroatoms. The van der Waals surface area contributed by atoms with Gasteiger partial charge < -0.3 is 23.7 Å². The van der Waals surface area contributed by atoms with Crippen molar-refractivity contribution in [2.75, 3.05) is 6.54 Å². The van der Waals surface area contributed by atoms with E-state index in [4.69, 9.17) is 18.9 Å². The normalized spacial score (nSPS) is 20.4. The largest absolute Gasteiger partial charge is 0.509 e. The third-order valence-corrected chi connectivity index (χ3v) is 4.68. The first-order chi connectivity index (χ1) is 16.0. The van der Waals surface area contributed by atoms with Crippen LogP contribution in [0.3, 0.4) is 0 Å². The highest BCUT2D eigenvalue weighted by atomic mass is 19.3. The third-order valence-electron chi connectivity index (χ3n) is 4.68. The summed E-state index contributed by atoms with van der Waals surface area (Å²) in [7, 11) is 0. The highest BCUT2D eigenvalue weighted by Crippen LogP contribution is 2.30. The maximum atomic E-state index is 13.0. The monoisotopic (exact) mass is 501 g/mol. The maximum absolute atomic E-state index is 13.0. The quantitative estimate of drug-likeness (QED) is 0.408. The first kappa shape index (κ1) is 28.1. The summed E-state index contributed by atoms with van der Waals surface area (Å²) in [4.78, 5) is 38.6. The van der Waals surface area contributed by atoms with Crippen LogP contribution in [-0.2, 0) is 30.2 Å². The summed E-state index contributed by atoms with van der Waals surface area (Å²) < 4.78 is 51.0. The summed E-state index contributed by atoms with van der Waals surface area (Å²) in [5.74, 6) is -0.661. The molecule has 1 fully saturated rings. The number of carbonyl (C=O) groups is 3. The zero-order valence-electron chi connectivity index (χ0n) is 21.0. The summed E-state index contributed by atoms with van der Waals surface area (Å²) in [5, 5.41) is 0. The van der Waals surface area contributed by atoms with Gasteiger partial charge in [0.25, 0.3) is 0 Å². The molecule has 0 saturated carbocycles. The lowest BCUT2D eigenvalue weighted by Crippen LogP contribution is -2.45. The minimum Gasteiger partial charge on any atom is -0.456 e. The Morgan fingerprint density at radius 3 is 2.03 bits per heavy atom. The second-order valence-electron chi connectivity index (χ2n) is 10.1. The van der Waals surface area contributed by atoms with E-state index in [1.165, 1.54) is 24.0 Å². The Bertz CT molecular complexity index is 892. The fourth-order valence-corrected chi connectivity index (χ4v) is 3.51. The lowest BCUT2D eigenvalue weighted by atomic mass is 10.0. The number of rotatable bonds is 6. The average Bonchev–Trinajstić information content (AvgIpc) is 2.96. The van der Waals surface area contributed by atoms with E-state index in [-0.39, 0.29) is 18.7 Å². The van der Waals surface area contributed by atoms with Crippen molar-refractivity contribution in [3.05, 3.63) is 29.8 Å². The summed E-state index contributed by atoms with van der Waals surface area (Å²) >= 11 is 0. The van der Waals surface area contributed by atoms with Crippen LogP contribution in [0.25, 0.3) is 0 Å². The molecule has 0 aliphatic carbocycles. The molecule has 196 valence electrons. The average molecular weight is 502 g/mol. The highest BCUT2D eigenvalue weighted by Gasteiger charge is 2.49. The number of alkyl halides is 2. The molecule has 0 unspecified atom stereocenters. The predicted octanol–water partition coefficient (Wildman–Crippen LogP) is 4.70. The maximum Gasteiger partial charge on any atom is 0.509 e. The fourth-order valence-electron chi connectivity index (χ4n) is 3.51. The number of carbonyl (C=O) groups excluding carboxylic acids is 3. The number of likely N-dealkylation sites (tertiary alicyclic amines) is 1. The molecule has 0 N–H and O–H groups in total. The van der Waals surface area contributed by atoms with Crippen LogP contribution in [0.15, 0.2) is 24.3 Å². The lowest BCUT2D eigenvalue weighted by molar-refractivity contribution is -0.153. The van der Waals surface area contributed by atoms with Crippen LogP contribution in [0.4, 0.5) is 18.4 Å². The number of nitrogens with zero attached hydrogens (tertiary/aromatic N) is 1. The molecule has 0 radical (unpaired) electrons. The van der Waals surface area contributed by atoms with Gasteiger partial charge in [-0.25, -0.2) is 9.59 Å². The van der Waals surface area contributed by atoms with Crippen molar-refractivity contribution in [2.45, 2.75) is 91.0 Å². The smallest absolute Gasteiger partial charge is 0.456 e. The number of ether oxygens (including phenoxy) is 5. The fraction of sp³-hybridized carbons (Fsp3) is 0.625. The van der Waals surface area contributed by atoms with Gasteiger partial charge in [0.05, 0.1) is 12.6 Å². The molecule has 1 aliphatic rings. The number of benzene rings is 1. The number of amides is 1. The summed E-state index contributed by atoms with van der Waals surface area (Å²) in [6.07, 6.45) is -3.55.